The van der Waals surface area contributed by atoms with Crippen molar-refractivity contribution in [3.8, 4) is 34.5 Å². The molecule has 0 saturated carbocycles. The maximum absolute atomic E-state index is 13.0. The summed E-state index contributed by atoms with van der Waals surface area (Å²) in [7, 11) is 2.71. The number of methoxy groups -OCH3 is 2. The molecule has 0 aliphatic carbocycles. The average molecular weight is 1070 g/mol. The number of hydrogen-bond donors (Lipinski definition) is 4. The van der Waals surface area contributed by atoms with Crippen molar-refractivity contribution in [1.82, 2.24) is 40.6 Å². The van der Waals surface area contributed by atoms with Crippen LogP contribution in [0.3, 0.4) is 0 Å². The normalized spacial score (nSPS) is 13.9. The summed E-state index contributed by atoms with van der Waals surface area (Å²) in [5, 5.41) is 28.5. The number of rotatable bonds is 10. The predicted octanol–water partition coefficient (Wildman–Crippen LogP) is 9.88. The topological polar surface area (TPSA) is 236 Å². The summed E-state index contributed by atoms with van der Waals surface area (Å²) < 4.78 is 97.0. The predicted molar refractivity (Wildman–Crippen MR) is 261 cm³/mol. The lowest BCUT2D eigenvalue weighted by atomic mass is 9.91. The molecule has 73 heavy (non-hydrogen) atoms. The lowest BCUT2D eigenvalue weighted by Gasteiger charge is -2.32. The number of aromatic nitrogens is 6. The summed E-state index contributed by atoms with van der Waals surface area (Å²) in [4.78, 5) is 33.4. The summed E-state index contributed by atoms with van der Waals surface area (Å²) in [6, 6.07) is 14.6. The van der Waals surface area contributed by atoms with E-state index in [-0.39, 0.29) is 82.5 Å². The molecule has 6 heterocycles. The van der Waals surface area contributed by atoms with Crippen molar-refractivity contribution in [2.45, 2.75) is 63.7 Å². The summed E-state index contributed by atoms with van der Waals surface area (Å²) in [5.74, 6) is 1.09. The van der Waals surface area contributed by atoms with Gasteiger partial charge in [-0.1, -0.05) is 0 Å². The van der Waals surface area contributed by atoms with Gasteiger partial charge in [0.2, 0.25) is 0 Å². The molecule has 2 saturated heterocycles. The third-order valence-corrected chi connectivity index (χ3v) is 11.3. The molecule has 2 fully saturated rings. The van der Waals surface area contributed by atoms with Crippen LogP contribution in [0.2, 0.25) is 0 Å². The number of benzene rings is 2. The molecule has 0 bridgehead atoms. The Bertz CT molecular complexity index is 2780. The highest BCUT2D eigenvalue weighted by molar-refractivity contribution is 5.93. The molecule has 0 atom stereocenters. The second kappa shape index (κ2) is 25.9. The second-order valence-corrected chi connectivity index (χ2v) is 16.3. The minimum Gasteiger partial charge on any atom is -0.493 e. The molecule has 0 unspecified atom stereocenters. The zero-order valence-corrected chi connectivity index (χ0v) is 41.3. The van der Waals surface area contributed by atoms with Crippen LogP contribution in [0.25, 0.3) is 0 Å². The number of nitrogens with two attached hydrogens (primary N) is 2. The number of halogens is 8. The highest BCUT2D eigenvalue weighted by Gasteiger charge is 2.32. The molecule has 4 aromatic heterocycles. The number of nitrogens with one attached hydrogen (secondary N) is 1. The molecule has 6 N–H and O–H groups in total. The largest absolute Gasteiger partial charge is 0.493 e. The van der Waals surface area contributed by atoms with Gasteiger partial charge < -0.3 is 45.7 Å². The Labute approximate surface area is 427 Å². The average Bonchev–Trinajstić information content (AvgIpc) is 3.34. The van der Waals surface area contributed by atoms with E-state index in [1.807, 2.05) is 13.0 Å². The Hall–Kier alpha value is -7.24. The SMILES string of the molecule is COc1cc(C(=O)N2CCC(c3nnc(N)cc3C)CC2)ncc1Oc1ccc(C(F)(F)F)cc1.COc1cc(C(=O)O)ncc1Oc1ccc(C(F)(F)F)cc1.Cc1cc(N)nnc1C1CCNCC1.Cl.Cl. The van der Waals surface area contributed by atoms with Crippen LogP contribution >= 0.6 is 24.8 Å². The molecule has 392 valence electrons. The van der Waals surface area contributed by atoms with Crippen molar-refractivity contribution < 1.29 is 60.0 Å². The smallest absolute Gasteiger partial charge is 0.416 e. The standard InChI is InChI=1S/C24H24F3N5O3.C14H10F3NO4.C10H16N4.2ClH/c1-14-11-21(28)30-31-22(14)15-7-9-32(10-8-15)23(33)18-12-19(34-2)20(13-29-18)35-17-5-3-16(4-6-17)24(25,26)27;1-21-11-6-10(13(19)20)18-7-12(11)22-9-4-2-8(3-5-9)14(15,16)17;1-7-6-9(11)13-14-10(7)8-2-4-12-5-3-8;;/h3-6,11-13,15H,7-10H2,1-2H3,(H2,28,30);2-7H,1H3,(H,19,20);6,8,12H,2-5H2,1H3,(H2,11,13);2*1H. The molecule has 2 aliphatic rings. The second-order valence-electron chi connectivity index (χ2n) is 16.3. The number of ether oxygens (including phenoxy) is 4. The molecule has 1 amide bonds. The fourth-order valence-electron chi connectivity index (χ4n) is 7.68. The van der Waals surface area contributed by atoms with Gasteiger partial charge in [-0.05, 0) is 124 Å². The number of pyridine rings is 2. The third kappa shape index (κ3) is 15.9. The van der Waals surface area contributed by atoms with Crippen LogP contribution in [-0.2, 0) is 12.4 Å². The minimum absolute atomic E-state index is 0. The van der Waals surface area contributed by atoms with Crippen LogP contribution < -0.4 is 35.7 Å². The number of carbonyl (C=O) groups is 2. The molecule has 6 aromatic rings. The van der Waals surface area contributed by atoms with Crippen molar-refractivity contribution in [1.29, 1.82) is 0 Å². The van der Waals surface area contributed by atoms with Crippen LogP contribution in [0.1, 0.15) is 92.1 Å². The highest BCUT2D eigenvalue weighted by Crippen LogP contribution is 2.37. The van der Waals surface area contributed by atoms with E-state index in [0.717, 1.165) is 104 Å². The van der Waals surface area contributed by atoms with E-state index < -0.39 is 29.4 Å². The van der Waals surface area contributed by atoms with Gasteiger partial charge in [-0.15, -0.1) is 35.0 Å². The molecule has 0 spiro atoms. The Balaban J connectivity index is 0.000000259. The lowest BCUT2D eigenvalue weighted by molar-refractivity contribution is -0.138. The van der Waals surface area contributed by atoms with E-state index in [0.29, 0.717) is 30.6 Å². The van der Waals surface area contributed by atoms with Crippen LogP contribution in [-0.4, -0.2) is 92.6 Å². The van der Waals surface area contributed by atoms with Crippen LogP contribution in [0.4, 0.5) is 38.0 Å². The summed E-state index contributed by atoms with van der Waals surface area (Å²) in [5.41, 5.74) is 13.8. The van der Waals surface area contributed by atoms with Crippen LogP contribution in [0.15, 0.2) is 85.2 Å². The molecular weight excluding hydrogens is 1010 g/mol. The van der Waals surface area contributed by atoms with Gasteiger partial charge >= 0.3 is 18.3 Å². The maximum Gasteiger partial charge on any atom is 0.416 e. The first kappa shape index (κ1) is 58.3. The minimum atomic E-state index is -4.43. The quantitative estimate of drug-likeness (QED) is 0.0934. The zero-order chi connectivity index (χ0) is 51.5. The van der Waals surface area contributed by atoms with Crippen molar-refractivity contribution in [2.75, 3.05) is 51.9 Å². The molecular formula is C48H52Cl2F6N10O7. The van der Waals surface area contributed by atoms with Gasteiger partial charge in [0.1, 0.15) is 28.8 Å². The van der Waals surface area contributed by atoms with Gasteiger partial charge in [0, 0.05) is 37.1 Å². The fourth-order valence-corrected chi connectivity index (χ4v) is 7.68. The number of amides is 1. The number of alkyl halides is 6. The van der Waals surface area contributed by atoms with Gasteiger partial charge in [0.15, 0.2) is 28.7 Å². The van der Waals surface area contributed by atoms with Gasteiger partial charge in [-0.3, -0.25) is 4.79 Å². The summed E-state index contributed by atoms with van der Waals surface area (Å²) in [6.45, 7) is 7.22. The first-order chi connectivity index (χ1) is 33.7. The van der Waals surface area contributed by atoms with E-state index in [2.05, 4.69) is 42.6 Å². The molecule has 0 radical (unpaired) electrons. The number of piperidine rings is 2. The van der Waals surface area contributed by atoms with Crippen molar-refractivity contribution >= 4 is 48.3 Å². The van der Waals surface area contributed by atoms with Crippen molar-refractivity contribution in [3.63, 3.8) is 0 Å². The fraction of sp³-hybridized carbons (Fsp3) is 0.333. The monoisotopic (exact) mass is 1060 g/mol. The number of aromatic carboxylic acids is 1. The first-order valence-corrected chi connectivity index (χ1v) is 21.9. The number of carboxylic acid groups (broad SMARTS) is 1. The van der Waals surface area contributed by atoms with Crippen LogP contribution in [0, 0.1) is 13.8 Å². The molecule has 25 heteroatoms. The Morgan fingerprint density at radius 3 is 1.40 bits per heavy atom. The number of likely N-dealkylation sites (tertiary alicyclic amines) is 1. The number of nitrogen functional groups attached to an aromatic ring is 2. The number of aryl methyl sites for hydroxylation is 2. The van der Waals surface area contributed by atoms with Crippen LogP contribution in [0.5, 0.6) is 34.5 Å². The summed E-state index contributed by atoms with van der Waals surface area (Å²) in [6.07, 6.45) is -2.64. The van der Waals surface area contributed by atoms with E-state index in [1.165, 1.54) is 44.2 Å². The third-order valence-electron chi connectivity index (χ3n) is 11.3. The van der Waals surface area contributed by atoms with Crippen molar-refractivity contribution in [2.24, 2.45) is 0 Å². The van der Waals surface area contributed by atoms with Gasteiger partial charge in [0.05, 0.1) is 49.1 Å². The maximum atomic E-state index is 13.0. The highest BCUT2D eigenvalue weighted by atomic mass is 35.5. The van der Waals surface area contributed by atoms with Gasteiger partial charge in [-0.2, -0.15) is 36.5 Å². The molecule has 17 nitrogen and oxygen atoms in total. The molecule has 8 rings (SSSR count). The number of carbonyl (C=O) groups excluding carboxylic acids is 1. The van der Waals surface area contributed by atoms with E-state index >= 15 is 0 Å². The Morgan fingerprint density at radius 2 is 1.01 bits per heavy atom. The summed E-state index contributed by atoms with van der Waals surface area (Å²) >= 11 is 0. The van der Waals surface area contributed by atoms with E-state index in [4.69, 9.17) is 35.5 Å². The number of hydrogen-bond acceptors (Lipinski definition) is 15. The van der Waals surface area contributed by atoms with Gasteiger partial charge in [-0.25, -0.2) is 14.8 Å². The Kier molecular flexibility index (Phi) is 20.7. The van der Waals surface area contributed by atoms with Gasteiger partial charge in [0.25, 0.3) is 5.91 Å². The van der Waals surface area contributed by atoms with E-state index in [9.17, 15) is 35.9 Å². The number of nitrogens with zero attached hydrogens (tertiary/aromatic N) is 7. The molecule has 2 aromatic carbocycles. The first-order valence-electron chi connectivity index (χ1n) is 21.9. The Morgan fingerprint density at radius 1 is 0.616 bits per heavy atom. The van der Waals surface area contributed by atoms with E-state index in [1.54, 1.807) is 11.0 Å². The number of carboxylic acids is 1. The zero-order valence-electron chi connectivity index (χ0n) is 39.7. The lowest BCUT2D eigenvalue weighted by Crippen LogP contribution is -2.38. The van der Waals surface area contributed by atoms with Crippen molar-refractivity contribution in [3.05, 3.63) is 130 Å². The molecule has 2 aliphatic heterocycles. The number of anilines is 2.